The highest BCUT2D eigenvalue weighted by Gasteiger charge is 2.24. The molecule has 0 spiro atoms. The summed E-state index contributed by atoms with van der Waals surface area (Å²) in [7, 11) is 0. The molecule has 106 valence electrons. The highest BCUT2D eigenvalue weighted by molar-refractivity contribution is 5.47. The van der Waals surface area contributed by atoms with Crippen molar-refractivity contribution in [2.24, 2.45) is 0 Å². The van der Waals surface area contributed by atoms with Gasteiger partial charge >= 0.3 is 0 Å². The Labute approximate surface area is 119 Å². The Hall–Kier alpha value is -1.75. The first-order valence-corrected chi connectivity index (χ1v) is 7.30. The highest BCUT2D eigenvalue weighted by Crippen LogP contribution is 2.27. The van der Waals surface area contributed by atoms with Gasteiger partial charge < -0.3 is 9.88 Å². The Bertz CT molecular complexity index is 549. The van der Waals surface area contributed by atoms with Crippen LogP contribution in [0.5, 0.6) is 0 Å². The molecule has 1 aliphatic rings. The van der Waals surface area contributed by atoms with Crippen LogP contribution in [0.2, 0.25) is 0 Å². The predicted molar refractivity (Wildman–Crippen MR) is 78.3 cm³/mol. The maximum absolute atomic E-state index is 4.75. The standard InChI is InChI=1S/C15H21N5/c1-11(2)20-7-3-4-12(10-20)13-8-16-9-14(19-13)15-17-5-6-18-15/h5-6,8-9,11-12H,3-4,7,10H2,1-2H3,(H,17,18)/t12-/m0/s1. The number of hydrogen-bond donors (Lipinski definition) is 1. The average Bonchev–Trinajstić information content (AvgIpc) is 3.02. The van der Waals surface area contributed by atoms with Gasteiger partial charge in [0.1, 0.15) is 5.69 Å². The molecule has 5 nitrogen and oxygen atoms in total. The number of nitrogens with one attached hydrogen (secondary N) is 1. The SMILES string of the molecule is CC(C)N1CCC[C@H](c2cncc(-c3ncc[nH]3)n2)C1. The summed E-state index contributed by atoms with van der Waals surface area (Å²) < 4.78 is 0. The zero-order chi connectivity index (χ0) is 13.9. The number of hydrogen-bond acceptors (Lipinski definition) is 4. The summed E-state index contributed by atoms with van der Waals surface area (Å²) in [5.41, 5.74) is 1.92. The van der Waals surface area contributed by atoms with Gasteiger partial charge in [0.05, 0.1) is 11.9 Å². The molecule has 0 saturated carbocycles. The van der Waals surface area contributed by atoms with E-state index in [1.165, 1.54) is 19.4 Å². The van der Waals surface area contributed by atoms with Gasteiger partial charge in [-0.25, -0.2) is 9.97 Å². The van der Waals surface area contributed by atoms with Gasteiger partial charge in [-0.1, -0.05) is 0 Å². The Morgan fingerprint density at radius 1 is 1.35 bits per heavy atom. The molecule has 0 radical (unpaired) electrons. The van der Waals surface area contributed by atoms with E-state index in [1.54, 1.807) is 12.4 Å². The zero-order valence-corrected chi connectivity index (χ0v) is 12.1. The first kappa shape index (κ1) is 13.2. The first-order valence-electron chi connectivity index (χ1n) is 7.30. The van der Waals surface area contributed by atoms with E-state index in [9.17, 15) is 0 Å². The largest absolute Gasteiger partial charge is 0.343 e. The Kier molecular flexibility index (Phi) is 3.78. The predicted octanol–water partition coefficient (Wildman–Crippen LogP) is 2.45. The lowest BCUT2D eigenvalue weighted by Gasteiger charge is -2.35. The molecule has 2 aromatic heterocycles. The number of rotatable bonds is 3. The summed E-state index contributed by atoms with van der Waals surface area (Å²) in [6.45, 7) is 6.79. The average molecular weight is 271 g/mol. The lowest BCUT2D eigenvalue weighted by atomic mass is 9.94. The van der Waals surface area contributed by atoms with Gasteiger partial charge in [-0.05, 0) is 33.2 Å². The van der Waals surface area contributed by atoms with E-state index in [0.29, 0.717) is 12.0 Å². The molecule has 0 unspecified atom stereocenters. The fourth-order valence-electron chi connectivity index (χ4n) is 2.81. The third kappa shape index (κ3) is 2.72. The molecule has 0 aromatic carbocycles. The summed E-state index contributed by atoms with van der Waals surface area (Å²) in [6, 6.07) is 0.596. The van der Waals surface area contributed by atoms with E-state index in [4.69, 9.17) is 4.98 Å². The van der Waals surface area contributed by atoms with Crippen molar-refractivity contribution in [3.05, 3.63) is 30.5 Å². The van der Waals surface area contributed by atoms with E-state index in [0.717, 1.165) is 23.8 Å². The lowest BCUT2D eigenvalue weighted by molar-refractivity contribution is 0.166. The third-order valence-corrected chi connectivity index (χ3v) is 4.00. The normalized spacial score (nSPS) is 20.4. The summed E-state index contributed by atoms with van der Waals surface area (Å²) in [5, 5.41) is 0. The van der Waals surface area contributed by atoms with Crippen molar-refractivity contribution < 1.29 is 0 Å². The number of piperidine rings is 1. The summed E-state index contributed by atoms with van der Waals surface area (Å²) >= 11 is 0. The van der Waals surface area contributed by atoms with E-state index in [1.807, 2.05) is 12.4 Å². The van der Waals surface area contributed by atoms with Crippen LogP contribution in [-0.2, 0) is 0 Å². The van der Waals surface area contributed by atoms with Crippen molar-refractivity contribution >= 4 is 0 Å². The molecule has 1 N–H and O–H groups in total. The number of nitrogens with zero attached hydrogens (tertiary/aromatic N) is 4. The van der Waals surface area contributed by atoms with Gasteiger partial charge in [0.25, 0.3) is 0 Å². The molecular formula is C15H21N5. The smallest absolute Gasteiger partial charge is 0.157 e. The van der Waals surface area contributed by atoms with Gasteiger partial charge in [-0.3, -0.25) is 4.98 Å². The van der Waals surface area contributed by atoms with E-state index < -0.39 is 0 Å². The maximum atomic E-state index is 4.75. The lowest BCUT2D eigenvalue weighted by Crippen LogP contribution is -2.39. The van der Waals surface area contributed by atoms with Crippen LogP contribution in [0.4, 0.5) is 0 Å². The molecule has 1 fully saturated rings. The summed E-state index contributed by atoms with van der Waals surface area (Å²) in [4.78, 5) is 19.0. The molecular weight excluding hydrogens is 250 g/mol. The minimum Gasteiger partial charge on any atom is -0.343 e. The Morgan fingerprint density at radius 3 is 3.00 bits per heavy atom. The monoisotopic (exact) mass is 271 g/mol. The van der Waals surface area contributed by atoms with Crippen LogP contribution in [0.25, 0.3) is 11.5 Å². The molecule has 0 aliphatic carbocycles. The third-order valence-electron chi connectivity index (χ3n) is 4.00. The first-order chi connectivity index (χ1) is 9.74. The van der Waals surface area contributed by atoms with Crippen molar-refractivity contribution in [1.29, 1.82) is 0 Å². The summed E-state index contributed by atoms with van der Waals surface area (Å²) in [6.07, 6.45) is 9.65. The van der Waals surface area contributed by atoms with Gasteiger partial charge in [-0.15, -0.1) is 0 Å². The van der Waals surface area contributed by atoms with E-state index in [2.05, 4.69) is 33.7 Å². The molecule has 5 heteroatoms. The molecule has 2 aromatic rings. The van der Waals surface area contributed by atoms with Crippen LogP contribution in [0, 0.1) is 0 Å². The van der Waals surface area contributed by atoms with E-state index >= 15 is 0 Å². The fourth-order valence-corrected chi connectivity index (χ4v) is 2.81. The van der Waals surface area contributed by atoms with Crippen molar-refractivity contribution in [3.63, 3.8) is 0 Å². The van der Waals surface area contributed by atoms with Gasteiger partial charge in [0.2, 0.25) is 0 Å². The molecule has 1 atom stereocenters. The number of imidazole rings is 1. The zero-order valence-electron chi connectivity index (χ0n) is 12.1. The molecule has 3 heterocycles. The van der Waals surface area contributed by atoms with Crippen LogP contribution >= 0.6 is 0 Å². The maximum Gasteiger partial charge on any atom is 0.157 e. The molecule has 1 aliphatic heterocycles. The molecule has 20 heavy (non-hydrogen) atoms. The second kappa shape index (κ2) is 5.71. The topological polar surface area (TPSA) is 57.7 Å². The van der Waals surface area contributed by atoms with Crippen LogP contribution in [0.15, 0.2) is 24.8 Å². The number of likely N-dealkylation sites (tertiary alicyclic amines) is 1. The fraction of sp³-hybridized carbons (Fsp3) is 0.533. The number of aromatic nitrogens is 4. The van der Waals surface area contributed by atoms with Crippen LogP contribution in [0.1, 0.15) is 38.3 Å². The Morgan fingerprint density at radius 2 is 2.25 bits per heavy atom. The van der Waals surface area contributed by atoms with Crippen molar-refractivity contribution in [2.45, 2.75) is 38.6 Å². The minimum absolute atomic E-state index is 0.480. The molecule has 3 rings (SSSR count). The van der Waals surface area contributed by atoms with Crippen molar-refractivity contribution in [2.75, 3.05) is 13.1 Å². The van der Waals surface area contributed by atoms with Gasteiger partial charge in [-0.2, -0.15) is 0 Å². The second-order valence-electron chi connectivity index (χ2n) is 5.69. The van der Waals surface area contributed by atoms with Crippen molar-refractivity contribution in [1.82, 2.24) is 24.8 Å². The number of H-pyrrole nitrogens is 1. The summed E-state index contributed by atoms with van der Waals surface area (Å²) in [5.74, 6) is 1.27. The molecule has 0 bridgehead atoms. The Balaban J connectivity index is 1.81. The van der Waals surface area contributed by atoms with Crippen LogP contribution in [0.3, 0.4) is 0 Å². The van der Waals surface area contributed by atoms with Gasteiger partial charge in [0, 0.05) is 37.1 Å². The molecule has 0 amide bonds. The minimum atomic E-state index is 0.480. The highest BCUT2D eigenvalue weighted by atomic mass is 15.2. The van der Waals surface area contributed by atoms with Crippen LogP contribution < -0.4 is 0 Å². The van der Waals surface area contributed by atoms with Crippen LogP contribution in [-0.4, -0.2) is 44.0 Å². The number of aromatic amines is 1. The quantitative estimate of drug-likeness (QED) is 0.931. The van der Waals surface area contributed by atoms with Gasteiger partial charge in [0.15, 0.2) is 5.82 Å². The van der Waals surface area contributed by atoms with Crippen molar-refractivity contribution in [3.8, 4) is 11.5 Å². The van der Waals surface area contributed by atoms with E-state index in [-0.39, 0.29) is 0 Å². The molecule has 1 saturated heterocycles. The second-order valence-corrected chi connectivity index (χ2v) is 5.69.